The van der Waals surface area contributed by atoms with E-state index >= 15 is 0 Å². The molecule has 1 aromatic carbocycles. The maximum Gasteiger partial charge on any atom is 0.355 e. The van der Waals surface area contributed by atoms with Gasteiger partial charge in [0.2, 0.25) is 5.91 Å². The quantitative estimate of drug-likeness (QED) is 0.466. The molecule has 0 saturated carbocycles. The molecule has 8 heteroatoms. The first kappa shape index (κ1) is 21.5. The fourth-order valence-electron chi connectivity index (χ4n) is 3.30. The number of rotatable bonds is 9. The van der Waals surface area contributed by atoms with Crippen LogP contribution in [0.15, 0.2) is 46.1 Å². The lowest BCUT2D eigenvalue weighted by Crippen LogP contribution is -2.33. The number of benzene rings is 1. The lowest BCUT2D eigenvalue weighted by molar-refractivity contribution is -0.128. The van der Waals surface area contributed by atoms with Gasteiger partial charge in [-0.2, -0.15) is 0 Å². The zero-order valence-corrected chi connectivity index (χ0v) is 17.8. The van der Waals surface area contributed by atoms with Crippen LogP contribution in [0.2, 0.25) is 0 Å². The van der Waals surface area contributed by atoms with Gasteiger partial charge in [0.1, 0.15) is 0 Å². The van der Waals surface area contributed by atoms with Gasteiger partial charge in [-0.1, -0.05) is 53.7 Å². The molecule has 0 bridgehead atoms. The summed E-state index contributed by atoms with van der Waals surface area (Å²) in [5.41, 5.74) is 2.31. The topological polar surface area (TPSA) is 90.7 Å². The molecule has 0 spiro atoms. The van der Waals surface area contributed by atoms with Gasteiger partial charge in [-0.25, -0.2) is 9.78 Å². The number of hydrogen-bond donors (Lipinski definition) is 2. The molecule has 6 nitrogen and oxygen atoms in total. The zero-order chi connectivity index (χ0) is 20.8. The Morgan fingerprint density at radius 1 is 1.48 bits per heavy atom. The molecule has 0 unspecified atom stereocenters. The van der Waals surface area contributed by atoms with Crippen molar-refractivity contribution >= 4 is 35.0 Å². The summed E-state index contributed by atoms with van der Waals surface area (Å²) in [7, 11) is 0. The number of nitrogens with zero attached hydrogens (tertiary/aromatic N) is 2. The van der Waals surface area contributed by atoms with Gasteiger partial charge < -0.3 is 15.1 Å². The summed E-state index contributed by atoms with van der Waals surface area (Å²) in [6.45, 7) is 2.59. The van der Waals surface area contributed by atoms with E-state index in [1.807, 2.05) is 36.1 Å². The smallest absolute Gasteiger partial charge is 0.355 e. The first-order valence-electron chi connectivity index (χ1n) is 9.45. The Hall–Kier alpha value is -2.16. The maximum atomic E-state index is 12.2. The van der Waals surface area contributed by atoms with E-state index in [2.05, 4.69) is 11.1 Å². The molecule has 0 aliphatic carbocycles. The van der Waals surface area contributed by atoms with E-state index in [1.54, 1.807) is 6.08 Å². The van der Waals surface area contributed by atoms with E-state index < -0.39 is 12.1 Å². The van der Waals surface area contributed by atoms with Crippen molar-refractivity contribution in [2.75, 3.05) is 12.3 Å². The van der Waals surface area contributed by atoms with Crippen molar-refractivity contribution in [2.24, 2.45) is 0 Å². The van der Waals surface area contributed by atoms with Crippen LogP contribution < -0.4 is 0 Å². The van der Waals surface area contributed by atoms with Crippen LogP contribution in [-0.4, -0.2) is 56.4 Å². The number of aliphatic hydroxyl groups is 1. The molecule has 3 rings (SSSR count). The lowest BCUT2D eigenvalue weighted by atomic mass is 10.0. The molecule has 1 aliphatic heterocycles. The summed E-state index contributed by atoms with van der Waals surface area (Å²) in [6.07, 6.45) is 4.93. The molecular formula is C21H24N2O4S2. The average molecular weight is 433 g/mol. The summed E-state index contributed by atoms with van der Waals surface area (Å²) < 4.78 is 0.690. The van der Waals surface area contributed by atoms with Gasteiger partial charge in [0, 0.05) is 30.5 Å². The summed E-state index contributed by atoms with van der Waals surface area (Å²) in [4.78, 5) is 29.0. The Balaban J connectivity index is 1.51. The molecule has 1 aliphatic rings. The van der Waals surface area contributed by atoms with Crippen molar-refractivity contribution in [3.05, 3.63) is 58.6 Å². The van der Waals surface area contributed by atoms with Gasteiger partial charge in [-0.15, -0.1) is 11.3 Å². The van der Waals surface area contributed by atoms with Gasteiger partial charge in [-0.05, 0) is 18.9 Å². The minimum absolute atomic E-state index is 0.0128. The van der Waals surface area contributed by atoms with Crippen LogP contribution in [0, 0.1) is 6.92 Å². The van der Waals surface area contributed by atoms with Crippen LogP contribution in [0.4, 0.5) is 0 Å². The van der Waals surface area contributed by atoms with Crippen LogP contribution in [0.5, 0.6) is 0 Å². The molecule has 1 aromatic heterocycles. The highest BCUT2D eigenvalue weighted by atomic mass is 32.2. The second-order valence-electron chi connectivity index (χ2n) is 6.99. The monoisotopic (exact) mass is 432 g/mol. The third-order valence-corrected chi connectivity index (χ3v) is 6.72. The normalized spacial score (nSPS) is 17.9. The van der Waals surface area contributed by atoms with Crippen LogP contribution >= 0.6 is 23.1 Å². The SMILES string of the molecule is Cc1cccc(C[C@H](O)C=C[C@H]2CCC(=O)N2CCSc2nc(C(=O)O)cs2)c1. The first-order chi connectivity index (χ1) is 13.9. The Bertz CT molecular complexity index is 896. The number of likely N-dealkylation sites (tertiary alicyclic amines) is 1. The van der Waals surface area contributed by atoms with Gasteiger partial charge >= 0.3 is 5.97 Å². The maximum absolute atomic E-state index is 12.2. The van der Waals surface area contributed by atoms with Crippen LogP contribution in [0.3, 0.4) is 0 Å². The number of aromatic carboxylic acids is 1. The number of carboxylic acids is 1. The Kier molecular flexibility index (Phi) is 7.46. The summed E-state index contributed by atoms with van der Waals surface area (Å²) in [5.74, 6) is -0.273. The van der Waals surface area contributed by atoms with Gasteiger partial charge in [0.05, 0.1) is 12.1 Å². The molecule has 2 heterocycles. The van der Waals surface area contributed by atoms with E-state index in [9.17, 15) is 14.7 Å². The second-order valence-corrected chi connectivity index (χ2v) is 9.19. The van der Waals surface area contributed by atoms with Crippen molar-refractivity contribution < 1.29 is 19.8 Å². The molecule has 29 heavy (non-hydrogen) atoms. The Morgan fingerprint density at radius 2 is 2.31 bits per heavy atom. The standard InChI is InChI=1S/C21H24N2O4S2/c1-14-3-2-4-15(11-14)12-17(24)7-5-16-6-8-19(25)23(16)9-10-28-21-22-18(13-29-21)20(26)27/h2-5,7,11,13,16-17,24H,6,8-10,12H2,1H3,(H,26,27)/t16-,17+/m0/s1. The van der Waals surface area contributed by atoms with Gasteiger partial charge in [0.25, 0.3) is 0 Å². The van der Waals surface area contributed by atoms with E-state index in [0.29, 0.717) is 29.5 Å². The first-order valence-corrected chi connectivity index (χ1v) is 11.3. The highest BCUT2D eigenvalue weighted by Gasteiger charge is 2.28. The van der Waals surface area contributed by atoms with Gasteiger partial charge in [0.15, 0.2) is 10.0 Å². The summed E-state index contributed by atoms with van der Waals surface area (Å²) in [6, 6.07) is 8.06. The largest absolute Gasteiger partial charge is 0.476 e. The minimum atomic E-state index is -1.03. The van der Waals surface area contributed by atoms with Crippen molar-refractivity contribution in [3.8, 4) is 0 Å². The van der Waals surface area contributed by atoms with E-state index in [0.717, 1.165) is 12.0 Å². The number of thiazole rings is 1. The van der Waals surface area contributed by atoms with Gasteiger partial charge in [-0.3, -0.25) is 4.79 Å². The molecule has 1 amide bonds. The highest BCUT2D eigenvalue weighted by Crippen LogP contribution is 2.25. The number of aromatic nitrogens is 1. The predicted molar refractivity (Wildman–Crippen MR) is 115 cm³/mol. The highest BCUT2D eigenvalue weighted by molar-refractivity contribution is 8.01. The number of hydrogen-bond acceptors (Lipinski definition) is 6. The molecule has 1 saturated heterocycles. The third kappa shape index (κ3) is 6.16. The number of carbonyl (C=O) groups excluding carboxylic acids is 1. The fourth-order valence-corrected chi connectivity index (χ4v) is 5.11. The molecule has 154 valence electrons. The molecule has 1 fully saturated rings. The van der Waals surface area contributed by atoms with Crippen LogP contribution in [-0.2, 0) is 11.2 Å². The average Bonchev–Trinajstić information content (AvgIpc) is 3.28. The van der Waals surface area contributed by atoms with Crippen molar-refractivity contribution in [1.82, 2.24) is 9.88 Å². The molecule has 2 atom stereocenters. The number of carboxylic acid groups (broad SMARTS) is 1. The minimum Gasteiger partial charge on any atom is -0.476 e. The third-order valence-electron chi connectivity index (χ3n) is 4.72. The van der Waals surface area contributed by atoms with Crippen molar-refractivity contribution in [1.29, 1.82) is 0 Å². The van der Waals surface area contributed by atoms with Crippen LogP contribution in [0.1, 0.15) is 34.5 Å². The zero-order valence-electron chi connectivity index (χ0n) is 16.2. The summed E-state index contributed by atoms with van der Waals surface area (Å²) >= 11 is 2.75. The fraction of sp³-hybridized carbons (Fsp3) is 0.381. The van der Waals surface area contributed by atoms with E-state index in [-0.39, 0.29) is 17.6 Å². The number of aryl methyl sites for hydroxylation is 1. The lowest BCUT2D eigenvalue weighted by Gasteiger charge is -2.22. The number of carbonyl (C=O) groups is 2. The Morgan fingerprint density at radius 3 is 3.03 bits per heavy atom. The number of amides is 1. The molecular weight excluding hydrogens is 408 g/mol. The predicted octanol–water partition coefficient (Wildman–Crippen LogP) is 3.39. The van der Waals surface area contributed by atoms with Crippen molar-refractivity contribution in [3.63, 3.8) is 0 Å². The summed E-state index contributed by atoms with van der Waals surface area (Å²) in [5, 5.41) is 20.8. The van der Waals surface area contributed by atoms with Crippen LogP contribution in [0.25, 0.3) is 0 Å². The Labute approximate surface area is 178 Å². The van der Waals surface area contributed by atoms with E-state index in [1.165, 1.54) is 34.0 Å². The second kappa shape index (κ2) is 10.0. The van der Waals surface area contributed by atoms with Crippen molar-refractivity contribution in [2.45, 2.75) is 42.7 Å². The molecule has 0 radical (unpaired) electrons. The molecule has 2 aromatic rings. The van der Waals surface area contributed by atoms with E-state index in [4.69, 9.17) is 5.11 Å². The number of aliphatic hydroxyl groups excluding tert-OH is 1. The molecule has 2 N–H and O–H groups in total. The number of thioether (sulfide) groups is 1.